The Morgan fingerprint density at radius 3 is 1.67 bits per heavy atom. The summed E-state index contributed by atoms with van der Waals surface area (Å²) >= 11 is 0. The van der Waals surface area contributed by atoms with Crippen molar-refractivity contribution in [2.45, 2.75) is 13.8 Å². The van der Waals surface area contributed by atoms with Gasteiger partial charge in [-0.15, -0.1) is 0 Å². The Morgan fingerprint density at radius 1 is 0.761 bits per heavy atom. The predicted molar refractivity (Wildman–Crippen MR) is 153 cm³/mol. The number of carbonyl (C=O) groups excluding carboxylic acids is 3. The van der Waals surface area contributed by atoms with Gasteiger partial charge in [-0.2, -0.15) is 0 Å². The third-order valence-corrected chi connectivity index (χ3v) is 5.33. The quantitative estimate of drug-likeness (QED) is 0.105. The number of hydrogen-bond acceptors (Lipinski definition) is 14. The molecule has 3 aromatic rings. The van der Waals surface area contributed by atoms with E-state index < -0.39 is 65.3 Å². The average molecular weight is 643 g/mol. The second kappa shape index (κ2) is 15.4. The van der Waals surface area contributed by atoms with Gasteiger partial charge in [-0.1, -0.05) is 13.8 Å². The first-order chi connectivity index (χ1) is 21.8. The molecule has 242 valence electrons. The Hall–Kier alpha value is -6.40. The van der Waals surface area contributed by atoms with Crippen LogP contribution >= 0.6 is 0 Å². The van der Waals surface area contributed by atoms with Crippen LogP contribution in [0.5, 0.6) is 17.6 Å². The topological polar surface area (TPSA) is 269 Å². The van der Waals surface area contributed by atoms with Crippen molar-refractivity contribution in [2.24, 2.45) is 5.92 Å². The molecule has 0 aliphatic carbocycles. The number of carboxylic acids is 2. The number of methoxy groups -OCH3 is 1. The van der Waals surface area contributed by atoms with Gasteiger partial charge in [0.1, 0.15) is 22.8 Å². The molecule has 0 aliphatic heterocycles. The minimum absolute atomic E-state index is 0.00559. The number of nitrogens with zero attached hydrogens (tertiary/aromatic N) is 4. The zero-order chi connectivity index (χ0) is 34.0. The number of nitrogens with one attached hydrogen (secondary N) is 2. The number of aliphatic carboxylic acids is 2. The first-order valence-electron chi connectivity index (χ1n) is 13.0. The highest BCUT2D eigenvalue weighted by atomic mass is 16.6. The summed E-state index contributed by atoms with van der Waals surface area (Å²) < 4.78 is 20.2. The number of hydrogen-bond donors (Lipinski definition) is 4. The van der Waals surface area contributed by atoms with Gasteiger partial charge in [0, 0.05) is 6.07 Å². The lowest BCUT2D eigenvalue weighted by Gasteiger charge is -2.14. The minimum Gasteiger partial charge on any atom is -0.479 e. The molecule has 2 amide bonds. The largest absolute Gasteiger partial charge is 0.479 e. The van der Waals surface area contributed by atoms with E-state index in [1.54, 1.807) is 0 Å². The van der Waals surface area contributed by atoms with Crippen molar-refractivity contribution in [1.29, 1.82) is 0 Å². The molecule has 19 nitrogen and oxygen atoms in total. The summed E-state index contributed by atoms with van der Waals surface area (Å²) in [5.41, 5.74) is -1.73. The van der Waals surface area contributed by atoms with Gasteiger partial charge in [-0.05, 0) is 36.2 Å². The Balaban J connectivity index is 1.90. The Kier molecular flexibility index (Phi) is 11.4. The van der Waals surface area contributed by atoms with Gasteiger partial charge in [0.25, 0.3) is 17.7 Å². The molecular formula is C27H26N6O13. The second-order valence-corrected chi connectivity index (χ2v) is 9.35. The summed E-state index contributed by atoms with van der Waals surface area (Å²) in [6.07, 6.45) is 0. The number of carbonyl (C=O) groups is 5. The van der Waals surface area contributed by atoms with E-state index in [0.29, 0.717) is 0 Å². The fourth-order valence-corrected chi connectivity index (χ4v) is 3.32. The lowest BCUT2D eigenvalue weighted by atomic mass is 10.2. The molecule has 0 spiro atoms. The van der Waals surface area contributed by atoms with Crippen LogP contribution in [0.4, 0.5) is 17.1 Å². The number of ether oxygens (including phenoxy) is 4. The number of aromatic nitrogens is 3. The van der Waals surface area contributed by atoms with Gasteiger partial charge in [0.15, 0.2) is 18.9 Å². The van der Waals surface area contributed by atoms with Crippen LogP contribution in [0.25, 0.3) is 0 Å². The van der Waals surface area contributed by atoms with Crippen LogP contribution in [0.15, 0.2) is 36.4 Å². The van der Waals surface area contributed by atoms with Crippen LogP contribution in [0.2, 0.25) is 0 Å². The van der Waals surface area contributed by atoms with E-state index in [1.807, 2.05) is 13.8 Å². The molecule has 3 heterocycles. The van der Waals surface area contributed by atoms with E-state index in [-0.39, 0.29) is 46.9 Å². The predicted octanol–water partition coefficient (Wildman–Crippen LogP) is 2.03. The molecule has 0 saturated heterocycles. The van der Waals surface area contributed by atoms with Gasteiger partial charge in [-0.3, -0.25) is 19.7 Å². The van der Waals surface area contributed by atoms with Crippen LogP contribution in [0.1, 0.15) is 45.3 Å². The van der Waals surface area contributed by atoms with Crippen molar-refractivity contribution in [3.8, 4) is 17.6 Å². The number of esters is 1. The van der Waals surface area contributed by atoms with Gasteiger partial charge in [-0.25, -0.2) is 29.3 Å². The molecular weight excluding hydrogens is 616 g/mol. The van der Waals surface area contributed by atoms with E-state index in [9.17, 15) is 34.1 Å². The summed E-state index contributed by atoms with van der Waals surface area (Å²) in [4.78, 5) is 82.5. The third-order valence-electron chi connectivity index (χ3n) is 5.33. The highest BCUT2D eigenvalue weighted by Gasteiger charge is 2.23. The van der Waals surface area contributed by atoms with Crippen LogP contribution in [-0.4, -0.2) is 86.7 Å². The van der Waals surface area contributed by atoms with Gasteiger partial charge < -0.3 is 39.8 Å². The normalized spacial score (nSPS) is 10.4. The maximum atomic E-state index is 13.1. The second-order valence-electron chi connectivity index (χ2n) is 9.35. The van der Waals surface area contributed by atoms with Crippen molar-refractivity contribution in [2.75, 3.05) is 37.6 Å². The van der Waals surface area contributed by atoms with Gasteiger partial charge in [0.05, 0.1) is 18.6 Å². The smallest absolute Gasteiger partial charge is 0.356 e. The number of rotatable bonds is 15. The van der Waals surface area contributed by atoms with Gasteiger partial charge in [0.2, 0.25) is 11.8 Å². The van der Waals surface area contributed by atoms with Crippen LogP contribution in [-0.2, 0) is 14.3 Å². The summed E-state index contributed by atoms with van der Waals surface area (Å²) in [6.45, 7) is 1.91. The molecule has 3 rings (SSSR count). The fourth-order valence-electron chi connectivity index (χ4n) is 3.32. The molecule has 3 aromatic heterocycles. The average Bonchev–Trinajstić information content (AvgIpc) is 3.01. The molecule has 0 unspecified atom stereocenters. The SMILES string of the molecule is COC(=O)c1ccc(NC(=O)c2ccc(NC(=O)c3ccc([N+](=O)[O-])c(OCC(C)C)n3)c(OCC(=O)O)n2)c(OCC(=O)O)n1. The van der Waals surface area contributed by atoms with E-state index in [1.165, 1.54) is 18.2 Å². The van der Waals surface area contributed by atoms with E-state index >= 15 is 0 Å². The van der Waals surface area contributed by atoms with Crippen molar-refractivity contribution in [3.05, 3.63) is 63.6 Å². The summed E-state index contributed by atoms with van der Waals surface area (Å²) in [7, 11) is 1.10. The molecule has 0 bridgehead atoms. The number of anilines is 2. The lowest BCUT2D eigenvalue weighted by Crippen LogP contribution is -2.20. The maximum Gasteiger partial charge on any atom is 0.356 e. The molecule has 0 radical (unpaired) electrons. The van der Waals surface area contributed by atoms with Crippen molar-refractivity contribution in [1.82, 2.24) is 15.0 Å². The Bertz CT molecular complexity index is 1680. The molecule has 19 heteroatoms. The molecule has 0 fully saturated rings. The molecule has 0 saturated carbocycles. The van der Waals surface area contributed by atoms with E-state index in [2.05, 4.69) is 30.3 Å². The summed E-state index contributed by atoms with van der Waals surface area (Å²) in [5, 5.41) is 34.2. The standard InChI is InChI=1S/C27H26N6O13/c1-13(2)10-44-26-19(33(41)42)9-8-15(31-26)23(39)28-16-5-4-14(30-24(16)45-11-20(34)35)22(38)29-17-6-7-18(27(40)43-3)32-25(17)46-12-21(36)37/h4-9,13H,10-12H2,1-3H3,(H,28,39)(H,29,38)(H,34,35)(H,36,37). The first kappa shape index (κ1) is 34.1. The number of carboxylic acid groups (broad SMARTS) is 2. The molecule has 46 heavy (non-hydrogen) atoms. The molecule has 0 aliphatic rings. The third kappa shape index (κ3) is 9.30. The summed E-state index contributed by atoms with van der Waals surface area (Å²) in [6, 6.07) is 6.78. The van der Waals surface area contributed by atoms with Gasteiger partial charge >= 0.3 is 23.6 Å². The molecule has 4 N–H and O–H groups in total. The maximum absolute atomic E-state index is 13.1. The van der Waals surface area contributed by atoms with Crippen LogP contribution in [0, 0.1) is 16.0 Å². The fraction of sp³-hybridized carbons (Fsp3) is 0.259. The lowest BCUT2D eigenvalue weighted by molar-refractivity contribution is -0.386. The minimum atomic E-state index is -1.41. The van der Waals surface area contributed by atoms with Crippen LogP contribution in [0.3, 0.4) is 0 Å². The summed E-state index contributed by atoms with van der Waals surface area (Å²) in [5.74, 6) is -6.80. The number of nitro groups is 1. The van der Waals surface area contributed by atoms with Crippen molar-refractivity contribution in [3.63, 3.8) is 0 Å². The van der Waals surface area contributed by atoms with Crippen molar-refractivity contribution < 1.29 is 58.1 Å². The zero-order valence-corrected chi connectivity index (χ0v) is 24.3. The number of pyridine rings is 3. The first-order valence-corrected chi connectivity index (χ1v) is 13.0. The molecule has 0 aromatic carbocycles. The Morgan fingerprint density at radius 2 is 1.22 bits per heavy atom. The number of amides is 2. The highest BCUT2D eigenvalue weighted by molar-refractivity contribution is 6.06. The van der Waals surface area contributed by atoms with Crippen LogP contribution < -0.4 is 24.8 Å². The van der Waals surface area contributed by atoms with Crippen molar-refractivity contribution >= 4 is 46.8 Å². The zero-order valence-electron chi connectivity index (χ0n) is 24.3. The van der Waals surface area contributed by atoms with E-state index in [4.69, 9.17) is 24.4 Å². The highest BCUT2D eigenvalue weighted by Crippen LogP contribution is 2.28. The Labute approximate surface area is 258 Å². The monoisotopic (exact) mass is 642 g/mol. The van der Waals surface area contributed by atoms with E-state index in [0.717, 1.165) is 25.3 Å². The molecule has 0 atom stereocenters.